The van der Waals surface area contributed by atoms with Crippen molar-refractivity contribution in [2.75, 3.05) is 23.3 Å². The Morgan fingerprint density at radius 1 is 1.40 bits per heavy atom. The summed E-state index contributed by atoms with van der Waals surface area (Å²) >= 11 is 3.56. The van der Waals surface area contributed by atoms with Crippen LogP contribution in [0.4, 0.5) is 5.82 Å². The Bertz CT molecular complexity index is 319. The largest absolute Gasteiger partial charge is 0.357 e. The highest BCUT2D eigenvalue weighted by Crippen LogP contribution is 2.22. The molecule has 1 aliphatic heterocycles. The third-order valence-corrected chi connectivity index (χ3v) is 3.95. The van der Waals surface area contributed by atoms with Crippen molar-refractivity contribution in [3.05, 3.63) is 23.9 Å². The Balaban J connectivity index is 2.01. The van der Waals surface area contributed by atoms with Crippen LogP contribution < -0.4 is 4.90 Å². The normalized spacial score (nSPS) is 18.1. The molecule has 82 valence electrons. The first-order valence-corrected chi connectivity index (χ1v) is 6.66. The van der Waals surface area contributed by atoms with Gasteiger partial charge in [-0.15, -0.1) is 0 Å². The van der Waals surface area contributed by atoms with Gasteiger partial charge in [-0.2, -0.15) is 0 Å². The van der Waals surface area contributed by atoms with Gasteiger partial charge in [-0.05, 0) is 37.8 Å². The van der Waals surface area contributed by atoms with Gasteiger partial charge in [-0.1, -0.05) is 22.0 Å². The average molecular weight is 269 g/mol. The van der Waals surface area contributed by atoms with Crippen LogP contribution in [-0.4, -0.2) is 23.4 Å². The molecule has 1 aromatic rings. The van der Waals surface area contributed by atoms with Crippen molar-refractivity contribution in [1.29, 1.82) is 0 Å². The van der Waals surface area contributed by atoms with Gasteiger partial charge in [-0.3, -0.25) is 0 Å². The van der Waals surface area contributed by atoms with E-state index >= 15 is 0 Å². The highest BCUT2D eigenvalue weighted by Gasteiger charge is 2.18. The molecule has 0 spiro atoms. The van der Waals surface area contributed by atoms with E-state index in [0.717, 1.165) is 35.8 Å². The minimum Gasteiger partial charge on any atom is -0.357 e. The van der Waals surface area contributed by atoms with Crippen molar-refractivity contribution in [3.63, 3.8) is 0 Å². The number of aromatic nitrogens is 1. The summed E-state index contributed by atoms with van der Waals surface area (Å²) in [5.74, 6) is 1.99. The maximum absolute atomic E-state index is 4.56. The average Bonchev–Trinajstić information content (AvgIpc) is 2.29. The molecule has 1 aromatic heterocycles. The monoisotopic (exact) mass is 268 g/mol. The summed E-state index contributed by atoms with van der Waals surface area (Å²) in [5, 5.41) is 1.14. The van der Waals surface area contributed by atoms with Crippen LogP contribution in [0.15, 0.2) is 18.2 Å². The van der Waals surface area contributed by atoms with Crippen molar-refractivity contribution < 1.29 is 0 Å². The Morgan fingerprint density at radius 3 is 2.73 bits per heavy atom. The van der Waals surface area contributed by atoms with Gasteiger partial charge in [0.1, 0.15) is 5.82 Å². The van der Waals surface area contributed by atoms with Crippen molar-refractivity contribution in [3.8, 4) is 0 Å². The zero-order chi connectivity index (χ0) is 10.7. The quantitative estimate of drug-likeness (QED) is 0.767. The van der Waals surface area contributed by atoms with E-state index in [1.807, 2.05) is 0 Å². The molecule has 15 heavy (non-hydrogen) atoms. The van der Waals surface area contributed by atoms with E-state index in [4.69, 9.17) is 0 Å². The lowest BCUT2D eigenvalue weighted by atomic mass is 9.99. The number of alkyl halides is 1. The number of nitrogens with zero attached hydrogens (tertiary/aromatic N) is 2. The number of pyridine rings is 1. The third-order valence-electron chi connectivity index (χ3n) is 3.03. The number of piperidine rings is 1. The fraction of sp³-hybridized carbons (Fsp3) is 0.583. The van der Waals surface area contributed by atoms with Gasteiger partial charge in [-0.25, -0.2) is 4.98 Å². The maximum Gasteiger partial charge on any atom is 0.128 e. The van der Waals surface area contributed by atoms with Crippen LogP contribution in [0.25, 0.3) is 0 Å². The van der Waals surface area contributed by atoms with Crippen molar-refractivity contribution >= 4 is 21.7 Å². The van der Waals surface area contributed by atoms with Crippen LogP contribution in [0.2, 0.25) is 0 Å². The number of rotatable bonds is 2. The molecule has 1 aliphatic rings. The summed E-state index contributed by atoms with van der Waals surface area (Å²) in [7, 11) is 0. The van der Waals surface area contributed by atoms with E-state index < -0.39 is 0 Å². The first-order valence-electron chi connectivity index (χ1n) is 5.54. The van der Waals surface area contributed by atoms with Crippen molar-refractivity contribution in [1.82, 2.24) is 4.98 Å². The van der Waals surface area contributed by atoms with Gasteiger partial charge in [0.15, 0.2) is 0 Å². The van der Waals surface area contributed by atoms with Gasteiger partial charge in [0.05, 0.1) is 0 Å². The van der Waals surface area contributed by atoms with E-state index in [-0.39, 0.29) is 0 Å². The Hall–Kier alpha value is -0.570. The minimum absolute atomic E-state index is 0.853. The number of aryl methyl sites for hydroxylation is 1. The fourth-order valence-electron chi connectivity index (χ4n) is 2.02. The Labute approximate surface area is 99.8 Å². The molecule has 0 bridgehead atoms. The summed E-state index contributed by atoms with van der Waals surface area (Å²) < 4.78 is 0. The second-order valence-electron chi connectivity index (χ2n) is 4.22. The molecule has 0 radical (unpaired) electrons. The lowest BCUT2D eigenvalue weighted by Crippen LogP contribution is -2.34. The molecule has 2 nitrogen and oxygen atoms in total. The third kappa shape index (κ3) is 2.71. The topological polar surface area (TPSA) is 16.1 Å². The molecular formula is C12H17BrN2. The lowest BCUT2D eigenvalue weighted by Gasteiger charge is -2.32. The highest BCUT2D eigenvalue weighted by atomic mass is 79.9. The summed E-state index contributed by atoms with van der Waals surface area (Å²) in [6, 6.07) is 6.25. The van der Waals surface area contributed by atoms with Crippen molar-refractivity contribution in [2.45, 2.75) is 19.8 Å². The molecule has 0 amide bonds. The van der Waals surface area contributed by atoms with Crippen LogP contribution in [-0.2, 0) is 0 Å². The molecule has 0 N–H and O–H groups in total. The predicted molar refractivity (Wildman–Crippen MR) is 67.7 cm³/mol. The number of hydrogen-bond acceptors (Lipinski definition) is 2. The molecule has 3 heteroatoms. The first-order chi connectivity index (χ1) is 7.29. The van der Waals surface area contributed by atoms with Gasteiger partial charge in [0, 0.05) is 24.1 Å². The summed E-state index contributed by atoms with van der Waals surface area (Å²) in [4.78, 5) is 6.96. The van der Waals surface area contributed by atoms with Crippen LogP contribution >= 0.6 is 15.9 Å². The second-order valence-corrected chi connectivity index (χ2v) is 4.87. The zero-order valence-corrected chi connectivity index (χ0v) is 10.7. The number of halogens is 1. The molecule has 2 rings (SSSR count). The van der Waals surface area contributed by atoms with E-state index in [2.05, 4.69) is 50.9 Å². The standard InChI is InChI=1S/C12H17BrN2/c1-10-3-2-4-12(14-10)15-7-5-11(9-13)6-8-15/h2-4,11H,5-9H2,1H3. The van der Waals surface area contributed by atoms with Crippen LogP contribution in [0.1, 0.15) is 18.5 Å². The SMILES string of the molecule is Cc1cccc(N2CCC(CBr)CC2)n1. The summed E-state index contributed by atoms with van der Waals surface area (Å²) in [5.41, 5.74) is 1.11. The molecule has 1 fully saturated rings. The molecule has 1 saturated heterocycles. The molecule has 0 unspecified atom stereocenters. The molecule has 0 saturated carbocycles. The highest BCUT2D eigenvalue weighted by molar-refractivity contribution is 9.09. The Morgan fingerprint density at radius 2 is 2.13 bits per heavy atom. The second kappa shape index (κ2) is 4.97. The molecular weight excluding hydrogens is 252 g/mol. The fourth-order valence-corrected chi connectivity index (χ4v) is 2.67. The maximum atomic E-state index is 4.56. The van der Waals surface area contributed by atoms with Crippen LogP contribution in [0, 0.1) is 12.8 Å². The van der Waals surface area contributed by atoms with Crippen LogP contribution in [0.5, 0.6) is 0 Å². The van der Waals surface area contributed by atoms with E-state index in [0.29, 0.717) is 0 Å². The molecule has 2 heterocycles. The lowest BCUT2D eigenvalue weighted by molar-refractivity contribution is 0.445. The van der Waals surface area contributed by atoms with Gasteiger partial charge in [0.25, 0.3) is 0 Å². The smallest absolute Gasteiger partial charge is 0.128 e. The van der Waals surface area contributed by atoms with E-state index in [1.165, 1.54) is 12.8 Å². The van der Waals surface area contributed by atoms with E-state index in [9.17, 15) is 0 Å². The van der Waals surface area contributed by atoms with Crippen molar-refractivity contribution in [2.24, 2.45) is 5.92 Å². The zero-order valence-electron chi connectivity index (χ0n) is 9.12. The minimum atomic E-state index is 0.853. The summed E-state index contributed by atoms with van der Waals surface area (Å²) in [6.45, 7) is 4.34. The summed E-state index contributed by atoms with van der Waals surface area (Å²) in [6.07, 6.45) is 2.56. The molecule has 0 atom stereocenters. The number of hydrogen-bond donors (Lipinski definition) is 0. The predicted octanol–water partition coefficient (Wildman–Crippen LogP) is 3.00. The van der Waals surface area contributed by atoms with Gasteiger partial charge in [0.2, 0.25) is 0 Å². The van der Waals surface area contributed by atoms with Gasteiger partial charge < -0.3 is 4.90 Å². The van der Waals surface area contributed by atoms with E-state index in [1.54, 1.807) is 0 Å². The number of anilines is 1. The van der Waals surface area contributed by atoms with Gasteiger partial charge >= 0.3 is 0 Å². The van der Waals surface area contributed by atoms with Crippen LogP contribution in [0.3, 0.4) is 0 Å². The first kappa shape index (κ1) is 10.9. The molecule has 0 aromatic carbocycles. The Kier molecular flexibility index (Phi) is 3.62. The molecule has 0 aliphatic carbocycles.